The highest BCUT2D eigenvalue weighted by atomic mass is 19.4. The average molecular weight is 426 g/mol. The van der Waals surface area contributed by atoms with Crippen LogP contribution in [0.3, 0.4) is 0 Å². The molecule has 0 unspecified atom stereocenters. The van der Waals surface area contributed by atoms with E-state index in [1.807, 2.05) is 19.9 Å². The lowest BCUT2D eigenvalue weighted by Gasteiger charge is -2.14. The molecule has 0 aliphatic carbocycles. The highest BCUT2D eigenvalue weighted by molar-refractivity contribution is 5.93. The number of methoxy groups -OCH3 is 1. The molecule has 0 radical (unpaired) electrons. The molecule has 1 aromatic heterocycles. The maximum absolute atomic E-state index is 12.3. The van der Waals surface area contributed by atoms with Gasteiger partial charge in [-0.05, 0) is 37.6 Å². The zero-order valence-corrected chi connectivity index (χ0v) is 17.0. The monoisotopic (exact) mass is 426 g/mol. The summed E-state index contributed by atoms with van der Waals surface area (Å²) < 4.78 is 52.4. The molecule has 0 amide bonds. The van der Waals surface area contributed by atoms with Crippen LogP contribution in [0.15, 0.2) is 41.5 Å². The molecule has 1 aromatic carbocycles. The molecule has 1 heterocycles. The quantitative estimate of drug-likeness (QED) is 0.466. The van der Waals surface area contributed by atoms with E-state index in [-0.39, 0.29) is 12.4 Å². The van der Waals surface area contributed by atoms with Crippen LogP contribution in [0.1, 0.15) is 19.4 Å². The molecule has 0 fully saturated rings. The Morgan fingerprint density at radius 2 is 1.90 bits per heavy atom. The van der Waals surface area contributed by atoms with Crippen LogP contribution in [0, 0.1) is 0 Å². The van der Waals surface area contributed by atoms with Crippen LogP contribution in [0.5, 0.6) is 17.4 Å². The molecule has 2 rings (SSSR count). The van der Waals surface area contributed by atoms with E-state index >= 15 is 0 Å². The first-order chi connectivity index (χ1) is 14.3. The van der Waals surface area contributed by atoms with Crippen LogP contribution in [-0.4, -0.2) is 44.0 Å². The van der Waals surface area contributed by atoms with Crippen LogP contribution in [0.4, 0.5) is 18.9 Å². The highest BCUT2D eigenvalue weighted by Crippen LogP contribution is 2.30. The molecule has 2 N–H and O–H groups in total. The smallest absolute Gasteiger partial charge is 0.422 e. The maximum atomic E-state index is 12.3. The number of halogens is 3. The van der Waals surface area contributed by atoms with Crippen molar-refractivity contribution in [3.8, 4) is 17.4 Å². The lowest BCUT2D eigenvalue weighted by molar-refractivity contribution is -0.154. The number of aliphatic imine (C=N–C) groups is 1. The molecule has 0 atom stereocenters. The first kappa shape index (κ1) is 23.1. The van der Waals surface area contributed by atoms with E-state index in [1.165, 1.54) is 12.3 Å². The Morgan fingerprint density at radius 1 is 1.10 bits per heavy atom. The average Bonchev–Trinajstić information content (AvgIpc) is 2.71. The first-order valence-electron chi connectivity index (χ1n) is 9.35. The van der Waals surface area contributed by atoms with E-state index in [0.717, 1.165) is 5.69 Å². The maximum Gasteiger partial charge on any atom is 0.422 e. The van der Waals surface area contributed by atoms with Crippen molar-refractivity contribution in [1.29, 1.82) is 0 Å². The number of nitrogens with one attached hydrogen (secondary N) is 2. The van der Waals surface area contributed by atoms with Crippen molar-refractivity contribution in [2.75, 3.05) is 32.2 Å². The van der Waals surface area contributed by atoms with Gasteiger partial charge in [-0.3, -0.25) is 0 Å². The Hall–Kier alpha value is -3.17. The van der Waals surface area contributed by atoms with Crippen molar-refractivity contribution in [2.24, 2.45) is 4.99 Å². The van der Waals surface area contributed by atoms with E-state index in [9.17, 15) is 13.2 Å². The predicted octanol–water partition coefficient (Wildman–Crippen LogP) is 4.01. The van der Waals surface area contributed by atoms with Gasteiger partial charge >= 0.3 is 6.18 Å². The number of hydrogen-bond acceptors (Lipinski definition) is 5. The van der Waals surface area contributed by atoms with Gasteiger partial charge in [-0.25, -0.2) is 9.98 Å². The lowest BCUT2D eigenvalue weighted by Crippen LogP contribution is -2.30. The zero-order chi connectivity index (χ0) is 22.0. The Kier molecular flexibility index (Phi) is 8.57. The zero-order valence-electron chi connectivity index (χ0n) is 17.0. The second kappa shape index (κ2) is 11.1. The van der Waals surface area contributed by atoms with Crippen LogP contribution >= 0.6 is 0 Å². The largest absolute Gasteiger partial charge is 0.493 e. The number of rotatable bonds is 9. The van der Waals surface area contributed by atoms with E-state index in [0.29, 0.717) is 36.2 Å². The molecule has 0 aliphatic rings. The summed E-state index contributed by atoms with van der Waals surface area (Å²) in [5, 5.41) is 6.28. The Balaban J connectivity index is 2.10. The Morgan fingerprint density at radius 3 is 2.57 bits per heavy atom. The number of guanidine groups is 1. The van der Waals surface area contributed by atoms with Crippen LogP contribution in [0.2, 0.25) is 0 Å². The number of hydrogen-bond donors (Lipinski definition) is 2. The molecule has 0 aliphatic heterocycles. The molecule has 0 saturated carbocycles. The third kappa shape index (κ3) is 7.69. The summed E-state index contributed by atoms with van der Waals surface area (Å²) in [6.07, 6.45) is -3.04. The first-order valence-corrected chi connectivity index (χ1v) is 9.35. The number of pyridine rings is 1. The molecule has 0 spiro atoms. The lowest BCUT2D eigenvalue weighted by atomic mass is 10.2. The van der Waals surface area contributed by atoms with Gasteiger partial charge < -0.3 is 24.8 Å². The fourth-order valence-corrected chi connectivity index (χ4v) is 2.42. The van der Waals surface area contributed by atoms with Crippen molar-refractivity contribution in [1.82, 2.24) is 10.3 Å². The SMILES string of the molecule is CCNC(=NCc1ccnc(OCC(F)(F)F)c1)Nc1ccc(OC)c(OCC)c1. The fraction of sp³-hybridized carbons (Fsp3) is 0.400. The van der Waals surface area contributed by atoms with Crippen LogP contribution in [-0.2, 0) is 6.54 Å². The molecule has 7 nitrogen and oxygen atoms in total. The van der Waals surface area contributed by atoms with E-state index in [1.54, 1.807) is 25.3 Å². The number of benzene rings is 1. The highest BCUT2D eigenvalue weighted by Gasteiger charge is 2.28. The van der Waals surface area contributed by atoms with Crippen molar-refractivity contribution in [2.45, 2.75) is 26.6 Å². The second-order valence-corrected chi connectivity index (χ2v) is 6.02. The molecule has 10 heteroatoms. The molecule has 0 saturated heterocycles. The summed E-state index contributed by atoms with van der Waals surface area (Å²) in [4.78, 5) is 8.25. The number of alkyl halides is 3. The van der Waals surface area contributed by atoms with Gasteiger partial charge in [0.1, 0.15) is 0 Å². The predicted molar refractivity (Wildman–Crippen MR) is 108 cm³/mol. The molecular formula is C20H25F3N4O3. The summed E-state index contributed by atoms with van der Waals surface area (Å²) in [7, 11) is 1.57. The van der Waals surface area contributed by atoms with Crippen molar-refractivity contribution < 1.29 is 27.4 Å². The number of anilines is 1. The van der Waals surface area contributed by atoms with Gasteiger partial charge in [0.2, 0.25) is 5.88 Å². The number of ether oxygens (including phenoxy) is 3. The second-order valence-electron chi connectivity index (χ2n) is 6.02. The van der Waals surface area contributed by atoms with Gasteiger partial charge in [0, 0.05) is 30.6 Å². The van der Waals surface area contributed by atoms with Gasteiger partial charge in [0.25, 0.3) is 0 Å². The van der Waals surface area contributed by atoms with Gasteiger partial charge in [-0.15, -0.1) is 0 Å². The van der Waals surface area contributed by atoms with Crippen LogP contribution < -0.4 is 24.8 Å². The van der Waals surface area contributed by atoms with E-state index in [4.69, 9.17) is 9.47 Å². The molecular weight excluding hydrogens is 401 g/mol. The molecule has 2 aromatic rings. The minimum atomic E-state index is -4.42. The Bertz CT molecular complexity index is 844. The van der Waals surface area contributed by atoms with Gasteiger partial charge in [-0.1, -0.05) is 0 Å². The van der Waals surface area contributed by atoms with Crippen LogP contribution in [0.25, 0.3) is 0 Å². The van der Waals surface area contributed by atoms with Crippen molar-refractivity contribution in [3.05, 3.63) is 42.1 Å². The fourth-order valence-electron chi connectivity index (χ4n) is 2.42. The van der Waals surface area contributed by atoms with Crippen molar-refractivity contribution >= 4 is 11.6 Å². The Labute approximate surface area is 173 Å². The van der Waals surface area contributed by atoms with E-state index in [2.05, 4.69) is 25.3 Å². The third-order valence-corrected chi connectivity index (χ3v) is 3.67. The summed E-state index contributed by atoms with van der Waals surface area (Å²) in [5.41, 5.74) is 1.40. The third-order valence-electron chi connectivity index (χ3n) is 3.67. The summed E-state index contributed by atoms with van der Waals surface area (Å²) in [5.74, 6) is 1.61. The topological polar surface area (TPSA) is 77.0 Å². The minimum absolute atomic E-state index is 0.102. The van der Waals surface area contributed by atoms with Gasteiger partial charge in [-0.2, -0.15) is 13.2 Å². The minimum Gasteiger partial charge on any atom is -0.493 e. The van der Waals surface area contributed by atoms with Crippen molar-refractivity contribution in [3.63, 3.8) is 0 Å². The molecule has 30 heavy (non-hydrogen) atoms. The number of nitrogens with zero attached hydrogens (tertiary/aromatic N) is 2. The number of aromatic nitrogens is 1. The summed E-state index contributed by atoms with van der Waals surface area (Å²) >= 11 is 0. The van der Waals surface area contributed by atoms with E-state index < -0.39 is 12.8 Å². The standard InChI is InChI=1S/C20H25F3N4O3/c1-4-24-19(27-15-6-7-16(28-3)17(11-15)29-5-2)26-12-14-8-9-25-18(10-14)30-13-20(21,22)23/h6-11H,4-5,12-13H2,1-3H3,(H2,24,26,27). The van der Waals surface area contributed by atoms with Gasteiger partial charge in [0.15, 0.2) is 24.1 Å². The summed E-state index contributed by atoms with van der Waals surface area (Å²) in [6.45, 7) is 3.75. The van der Waals surface area contributed by atoms with Gasteiger partial charge in [0.05, 0.1) is 20.3 Å². The summed E-state index contributed by atoms with van der Waals surface area (Å²) in [6, 6.07) is 8.49. The normalized spacial score (nSPS) is 11.7. The molecule has 0 bridgehead atoms. The molecule has 164 valence electrons.